The van der Waals surface area contributed by atoms with Gasteiger partial charge < -0.3 is 0 Å². The van der Waals surface area contributed by atoms with Gasteiger partial charge in [-0.15, -0.1) is 0 Å². The summed E-state index contributed by atoms with van der Waals surface area (Å²) in [4.78, 5) is 11.5. The van der Waals surface area contributed by atoms with E-state index < -0.39 is 0 Å². The second kappa shape index (κ2) is 4.26. The fraction of sp³-hybridized carbons (Fsp3) is 0.417. The fourth-order valence-corrected chi connectivity index (χ4v) is 2.31. The van der Waals surface area contributed by atoms with Crippen LogP contribution in [0.2, 0.25) is 0 Å². The molecule has 0 atom stereocenters. The van der Waals surface area contributed by atoms with Gasteiger partial charge in [0.1, 0.15) is 0 Å². The number of ketones is 1. The van der Waals surface area contributed by atoms with E-state index in [1.54, 1.807) is 0 Å². The summed E-state index contributed by atoms with van der Waals surface area (Å²) in [7, 11) is 0. The van der Waals surface area contributed by atoms with Gasteiger partial charge in [0.2, 0.25) is 0 Å². The Balaban J connectivity index is 2.33. The number of aryl methyl sites for hydroxylation is 2. The summed E-state index contributed by atoms with van der Waals surface area (Å²) in [6.45, 7) is 0. The van der Waals surface area contributed by atoms with Crippen molar-refractivity contribution in [1.82, 2.24) is 0 Å². The highest BCUT2D eigenvalue weighted by Gasteiger charge is 2.11. The lowest BCUT2D eigenvalue weighted by atomic mass is 9.90. The molecule has 0 unspecified atom stereocenters. The van der Waals surface area contributed by atoms with Crippen LogP contribution in [0, 0.1) is 0 Å². The number of carbonyl (C=O) groups excluding carboxylic acids is 1. The second-order valence-corrected chi connectivity index (χ2v) is 4.31. The van der Waals surface area contributed by atoms with Crippen molar-refractivity contribution in [1.29, 1.82) is 0 Å². The van der Waals surface area contributed by atoms with E-state index in [4.69, 9.17) is 0 Å². The van der Waals surface area contributed by atoms with E-state index >= 15 is 0 Å². The van der Waals surface area contributed by atoms with Crippen LogP contribution in [0.4, 0.5) is 0 Å². The number of carbonyl (C=O) groups is 1. The highest BCUT2D eigenvalue weighted by Crippen LogP contribution is 2.22. The molecule has 0 amide bonds. The molecule has 0 saturated heterocycles. The van der Waals surface area contributed by atoms with E-state index in [2.05, 4.69) is 28.1 Å². The summed E-state index contributed by atoms with van der Waals surface area (Å²) < 4.78 is 0. The van der Waals surface area contributed by atoms with Crippen LogP contribution in [0.25, 0.3) is 0 Å². The first-order chi connectivity index (χ1) is 6.81. The van der Waals surface area contributed by atoms with Gasteiger partial charge in [0.25, 0.3) is 0 Å². The summed E-state index contributed by atoms with van der Waals surface area (Å²) in [5.74, 6) is 0.179. The molecular weight excluding hydrogens is 240 g/mol. The lowest BCUT2D eigenvalue weighted by Gasteiger charge is -2.15. The molecule has 1 aromatic carbocycles. The highest BCUT2D eigenvalue weighted by atomic mass is 79.9. The van der Waals surface area contributed by atoms with E-state index in [1.165, 1.54) is 30.4 Å². The molecule has 0 N–H and O–H groups in total. The topological polar surface area (TPSA) is 17.1 Å². The van der Waals surface area contributed by atoms with Gasteiger partial charge in [0, 0.05) is 5.56 Å². The number of fused-ring (bicyclic) bond motifs is 1. The van der Waals surface area contributed by atoms with Crippen LogP contribution in [-0.4, -0.2) is 11.1 Å². The molecular formula is C12H13BrO. The van der Waals surface area contributed by atoms with Crippen LogP contribution in [0.15, 0.2) is 18.2 Å². The SMILES string of the molecule is O=C(CBr)c1ccc2c(c1)CCCC2. The quantitative estimate of drug-likeness (QED) is 0.584. The van der Waals surface area contributed by atoms with Gasteiger partial charge >= 0.3 is 0 Å². The molecule has 0 radical (unpaired) electrons. The standard InChI is InChI=1S/C12H13BrO/c13-8-12(14)11-6-5-9-3-1-2-4-10(9)7-11/h5-7H,1-4,8H2. The van der Waals surface area contributed by atoms with Crippen molar-refractivity contribution in [3.63, 3.8) is 0 Å². The summed E-state index contributed by atoms with van der Waals surface area (Å²) >= 11 is 3.20. The fourth-order valence-electron chi connectivity index (χ4n) is 1.98. The third-order valence-electron chi connectivity index (χ3n) is 2.79. The maximum absolute atomic E-state index is 11.5. The van der Waals surface area contributed by atoms with Crippen LogP contribution < -0.4 is 0 Å². The molecule has 0 spiro atoms. The molecule has 1 aromatic rings. The summed E-state index contributed by atoms with van der Waals surface area (Å²) in [6, 6.07) is 6.14. The molecule has 0 heterocycles. The zero-order chi connectivity index (χ0) is 9.97. The number of alkyl halides is 1. The molecule has 1 nitrogen and oxygen atoms in total. The van der Waals surface area contributed by atoms with E-state index in [0.29, 0.717) is 5.33 Å². The highest BCUT2D eigenvalue weighted by molar-refractivity contribution is 9.09. The van der Waals surface area contributed by atoms with Gasteiger partial charge in [-0.25, -0.2) is 0 Å². The smallest absolute Gasteiger partial charge is 0.173 e. The zero-order valence-electron chi connectivity index (χ0n) is 8.05. The molecule has 1 aliphatic rings. The average Bonchev–Trinajstić information content (AvgIpc) is 2.27. The van der Waals surface area contributed by atoms with Crippen LogP contribution in [0.3, 0.4) is 0 Å². The van der Waals surface area contributed by atoms with Crippen molar-refractivity contribution in [2.75, 3.05) is 5.33 Å². The van der Waals surface area contributed by atoms with Crippen molar-refractivity contribution in [3.05, 3.63) is 34.9 Å². The van der Waals surface area contributed by atoms with E-state index in [0.717, 1.165) is 12.0 Å². The van der Waals surface area contributed by atoms with Crippen molar-refractivity contribution in [3.8, 4) is 0 Å². The normalized spacial score (nSPS) is 14.9. The molecule has 74 valence electrons. The van der Waals surface area contributed by atoms with Crippen molar-refractivity contribution in [2.45, 2.75) is 25.7 Å². The number of halogens is 1. The molecule has 0 fully saturated rings. The van der Waals surface area contributed by atoms with Crippen LogP contribution in [0.5, 0.6) is 0 Å². The Morgan fingerprint density at radius 1 is 1.21 bits per heavy atom. The van der Waals surface area contributed by atoms with Crippen LogP contribution >= 0.6 is 15.9 Å². The largest absolute Gasteiger partial charge is 0.293 e. The minimum Gasteiger partial charge on any atom is -0.293 e. The average molecular weight is 253 g/mol. The second-order valence-electron chi connectivity index (χ2n) is 3.75. The first-order valence-corrected chi connectivity index (χ1v) is 6.14. The van der Waals surface area contributed by atoms with Gasteiger partial charge in [-0.3, -0.25) is 4.79 Å². The maximum atomic E-state index is 11.5. The molecule has 2 rings (SSSR count). The number of Topliss-reactive ketones (excluding diaryl/α,β-unsaturated/α-hetero) is 1. The van der Waals surface area contributed by atoms with Gasteiger partial charge in [0.05, 0.1) is 5.33 Å². The first kappa shape index (κ1) is 9.91. The number of hydrogen-bond acceptors (Lipinski definition) is 1. The molecule has 0 aliphatic heterocycles. The molecule has 14 heavy (non-hydrogen) atoms. The Kier molecular flexibility index (Phi) is 3.02. The van der Waals surface area contributed by atoms with E-state index in [9.17, 15) is 4.79 Å². The Hall–Kier alpha value is -0.630. The van der Waals surface area contributed by atoms with Gasteiger partial charge in [-0.2, -0.15) is 0 Å². The Bertz CT molecular complexity index is 357. The Morgan fingerprint density at radius 3 is 2.64 bits per heavy atom. The minimum atomic E-state index is 0.179. The predicted octanol–water partition coefficient (Wildman–Crippen LogP) is 3.14. The monoisotopic (exact) mass is 252 g/mol. The Morgan fingerprint density at radius 2 is 1.93 bits per heavy atom. The molecule has 1 aliphatic carbocycles. The zero-order valence-corrected chi connectivity index (χ0v) is 9.64. The van der Waals surface area contributed by atoms with Gasteiger partial charge in [-0.05, 0) is 42.9 Å². The van der Waals surface area contributed by atoms with Crippen molar-refractivity contribution in [2.24, 2.45) is 0 Å². The number of rotatable bonds is 2. The van der Waals surface area contributed by atoms with Crippen molar-refractivity contribution >= 4 is 21.7 Å². The molecule has 0 bridgehead atoms. The molecule has 0 saturated carbocycles. The third kappa shape index (κ3) is 1.90. The third-order valence-corrected chi connectivity index (χ3v) is 3.30. The van der Waals surface area contributed by atoms with Crippen LogP contribution in [-0.2, 0) is 12.8 Å². The molecule has 2 heteroatoms. The van der Waals surface area contributed by atoms with E-state index in [1.807, 2.05) is 6.07 Å². The first-order valence-electron chi connectivity index (χ1n) is 5.02. The Labute approximate surface area is 92.6 Å². The lowest BCUT2D eigenvalue weighted by Crippen LogP contribution is -2.06. The van der Waals surface area contributed by atoms with Gasteiger partial charge in [-0.1, -0.05) is 28.1 Å². The maximum Gasteiger partial charge on any atom is 0.173 e. The number of hydrogen-bond donors (Lipinski definition) is 0. The predicted molar refractivity (Wildman–Crippen MR) is 61.2 cm³/mol. The summed E-state index contributed by atoms with van der Waals surface area (Å²) in [5.41, 5.74) is 3.66. The molecule has 0 aromatic heterocycles. The number of benzene rings is 1. The summed E-state index contributed by atoms with van der Waals surface area (Å²) in [5, 5.41) is 0.422. The lowest BCUT2D eigenvalue weighted by molar-refractivity contribution is 0.102. The van der Waals surface area contributed by atoms with E-state index in [-0.39, 0.29) is 5.78 Å². The van der Waals surface area contributed by atoms with Crippen LogP contribution in [0.1, 0.15) is 34.3 Å². The van der Waals surface area contributed by atoms with Gasteiger partial charge in [0.15, 0.2) is 5.78 Å². The van der Waals surface area contributed by atoms with Crippen molar-refractivity contribution < 1.29 is 4.79 Å². The minimum absolute atomic E-state index is 0.179. The summed E-state index contributed by atoms with van der Waals surface area (Å²) in [6.07, 6.45) is 4.87.